The number of aryl methyl sites for hydroxylation is 1. The number of carbonyl (C=O) groups excluding carboxylic acids is 1. The Balaban J connectivity index is 1.21. The van der Waals surface area contributed by atoms with Crippen molar-refractivity contribution in [3.8, 4) is 0 Å². The highest BCUT2D eigenvalue weighted by Crippen LogP contribution is 2.70. The van der Waals surface area contributed by atoms with Gasteiger partial charge in [-0.1, -0.05) is 42.8 Å². The van der Waals surface area contributed by atoms with Gasteiger partial charge in [0.25, 0.3) is 0 Å². The predicted molar refractivity (Wildman–Crippen MR) is 170 cm³/mol. The van der Waals surface area contributed by atoms with E-state index < -0.39 is 41.4 Å². The summed E-state index contributed by atoms with van der Waals surface area (Å²) < 4.78 is 79.4. The average molecular weight is 672 g/mol. The normalized spacial score (nSPS) is 30.2. The van der Waals surface area contributed by atoms with E-state index in [-0.39, 0.29) is 30.6 Å². The second-order valence-corrected chi connectivity index (χ2v) is 15.4. The Morgan fingerprint density at radius 2 is 1.81 bits per heavy atom. The predicted octanol–water partition coefficient (Wildman–Crippen LogP) is 9.71. The molecular weight excluding hydrogens is 633 g/mol. The Hall–Kier alpha value is -2.95. The number of nitrogens with zero attached hydrogens (tertiary/aromatic N) is 1. The first-order valence-electron chi connectivity index (χ1n) is 16.3. The van der Waals surface area contributed by atoms with Gasteiger partial charge in [-0.2, -0.15) is 22.0 Å². The van der Waals surface area contributed by atoms with Crippen molar-refractivity contribution in [3.63, 3.8) is 0 Å². The molecule has 2 saturated carbocycles. The van der Waals surface area contributed by atoms with E-state index in [2.05, 4.69) is 4.98 Å². The molecular formula is C37H38F5NO3S. The van der Waals surface area contributed by atoms with Crippen LogP contribution in [-0.2, 0) is 16.1 Å². The lowest BCUT2D eigenvalue weighted by molar-refractivity contribution is -0.362. The topological polar surface area (TPSA) is 59.4 Å². The van der Waals surface area contributed by atoms with Gasteiger partial charge in [0.2, 0.25) is 0 Å². The number of ether oxygens (including phenoxy) is 1. The molecule has 1 unspecified atom stereocenters. The van der Waals surface area contributed by atoms with Gasteiger partial charge in [-0.3, -0.25) is 4.79 Å². The number of thiazole rings is 1. The number of hydrogen-bond donors (Lipinski definition) is 1. The summed E-state index contributed by atoms with van der Waals surface area (Å²) in [4.78, 5) is 16.9. The van der Waals surface area contributed by atoms with Gasteiger partial charge in [0, 0.05) is 17.8 Å². The number of allylic oxidation sites excluding steroid dienone is 4. The van der Waals surface area contributed by atoms with Gasteiger partial charge < -0.3 is 9.84 Å². The van der Waals surface area contributed by atoms with Crippen LogP contribution in [0.4, 0.5) is 22.0 Å². The van der Waals surface area contributed by atoms with Crippen LogP contribution in [0.15, 0.2) is 65.3 Å². The Labute approximate surface area is 274 Å². The molecule has 6 atom stereocenters. The first kappa shape index (κ1) is 32.6. The first-order valence-corrected chi connectivity index (χ1v) is 17.2. The lowest BCUT2D eigenvalue weighted by Gasteiger charge is -2.56. The number of hydrogen-bond acceptors (Lipinski definition) is 5. The molecule has 0 radical (unpaired) electrons. The van der Waals surface area contributed by atoms with E-state index in [1.54, 1.807) is 17.4 Å². The van der Waals surface area contributed by atoms with Crippen LogP contribution in [0.25, 0.3) is 10.2 Å². The number of benzene rings is 2. The lowest BCUT2D eigenvalue weighted by atomic mass is 9.50. The number of halogens is 5. The summed E-state index contributed by atoms with van der Waals surface area (Å²) in [6, 6.07) is 13.8. The fourth-order valence-electron chi connectivity index (χ4n) is 9.21. The maximum Gasteiger partial charge on any atom is 0.456 e. The fraction of sp³-hybridized carbons (Fsp3) is 0.514. The minimum Gasteiger partial charge on any atom is -0.383 e. The molecule has 1 aromatic heterocycles. The Morgan fingerprint density at radius 3 is 2.53 bits per heavy atom. The molecule has 47 heavy (non-hydrogen) atoms. The second kappa shape index (κ2) is 11.3. The van der Waals surface area contributed by atoms with Crippen molar-refractivity contribution in [2.24, 2.45) is 17.3 Å². The zero-order valence-corrected chi connectivity index (χ0v) is 27.4. The van der Waals surface area contributed by atoms with E-state index in [0.29, 0.717) is 32.3 Å². The molecule has 3 aromatic rings. The van der Waals surface area contributed by atoms with Crippen LogP contribution in [-0.4, -0.2) is 33.6 Å². The molecule has 7 rings (SSSR count). The van der Waals surface area contributed by atoms with E-state index in [1.165, 1.54) is 6.92 Å². The Morgan fingerprint density at radius 1 is 1.06 bits per heavy atom. The third-order valence-electron chi connectivity index (χ3n) is 11.6. The summed E-state index contributed by atoms with van der Waals surface area (Å²) in [5, 5.41) is 12.5. The average Bonchev–Trinajstić information content (AvgIpc) is 3.54. The number of carbonyl (C=O) groups is 1. The monoisotopic (exact) mass is 671 g/mol. The van der Waals surface area contributed by atoms with Crippen LogP contribution in [0.3, 0.4) is 0 Å². The fourth-order valence-corrected chi connectivity index (χ4v) is 10.0. The molecule has 4 aliphatic rings. The van der Waals surface area contributed by atoms with Crippen molar-refractivity contribution < 1.29 is 36.6 Å². The van der Waals surface area contributed by atoms with Gasteiger partial charge in [0.15, 0.2) is 5.78 Å². The number of alkyl halides is 5. The second-order valence-electron chi connectivity index (χ2n) is 14.1. The van der Waals surface area contributed by atoms with E-state index >= 15 is 8.78 Å². The third-order valence-corrected chi connectivity index (χ3v) is 12.6. The molecule has 2 aromatic carbocycles. The Kier molecular flexibility index (Phi) is 7.84. The van der Waals surface area contributed by atoms with Gasteiger partial charge >= 0.3 is 12.1 Å². The summed E-state index contributed by atoms with van der Waals surface area (Å²) in [5.41, 5.74) is 1.82. The Bertz CT molecular complexity index is 1790. The number of aromatic nitrogens is 1. The quantitative estimate of drug-likeness (QED) is 0.265. The molecule has 250 valence electrons. The minimum absolute atomic E-state index is 0.0413. The minimum atomic E-state index is -5.87. The highest BCUT2D eigenvalue weighted by molar-refractivity contribution is 7.18. The van der Waals surface area contributed by atoms with Crippen molar-refractivity contribution in [2.45, 2.75) is 102 Å². The molecule has 1 N–H and O–H groups in total. The number of ketones is 1. The largest absolute Gasteiger partial charge is 0.456 e. The smallest absolute Gasteiger partial charge is 0.383 e. The van der Waals surface area contributed by atoms with Gasteiger partial charge in [-0.25, -0.2) is 4.98 Å². The standard InChI is InChI=1S/C37H38F5NO3S/c1-20(46-19-22-4-13-32-31(16-22)43-21(2)47-32)23-5-7-24(8-6-23)29-18-34(3)30(14-15-35(34,45)36(38,39)37(40,41)42)28-11-9-25-17-26(44)10-12-27(25)33(28)29/h4-8,13,16-17,20,28-30,45H,9-12,14-15,18-19H2,1-3H3/t20?,28-,29+,30-,34-,35-/m0/s1. The highest BCUT2D eigenvalue weighted by atomic mass is 32.1. The van der Waals surface area contributed by atoms with Crippen LogP contribution >= 0.6 is 11.3 Å². The van der Waals surface area contributed by atoms with Crippen LogP contribution < -0.4 is 0 Å². The van der Waals surface area contributed by atoms with Gasteiger partial charge in [-0.15, -0.1) is 11.3 Å². The van der Waals surface area contributed by atoms with Crippen molar-refractivity contribution in [1.82, 2.24) is 4.98 Å². The van der Waals surface area contributed by atoms with E-state index in [9.17, 15) is 23.1 Å². The van der Waals surface area contributed by atoms with Gasteiger partial charge in [-0.05, 0) is 110 Å². The molecule has 1 heterocycles. The van der Waals surface area contributed by atoms with Gasteiger partial charge in [0.05, 0.1) is 27.9 Å². The molecule has 0 bridgehead atoms. The van der Waals surface area contributed by atoms with E-state index in [0.717, 1.165) is 48.6 Å². The first-order chi connectivity index (χ1) is 22.1. The van der Waals surface area contributed by atoms with Crippen LogP contribution in [0.5, 0.6) is 0 Å². The SMILES string of the molecule is Cc1nc2cc(COC(C)c3ccc([C@H]4C[C@@]5(C)[C@@H](CC[C@@]5(O)C(F)(F)C(F)(F)F)[C@@H]5CCC6=CC(=O)CCC6=C54)cc3)ccc2s1. The number of aliphatic hydroxyl groups is 1. The van der Waals surface area contributed by atoms with Crippen molar-refractivity contribution in [3.05, 3.63) is 87.0 Å². The molecule has 0 saturated heterocycles. The molecule has 4 aliphatic carbocycles. The summed E-state index contributed by atoms with van der Waals surface area (Å²) in [5.74, 6) is -6.45. The molecule has 10 heteroatoms. The van der Waals surface area contributed by atoms with E-state index in [4.69, 9.17) is 4.74 Å². The molecule has 2 fully saturated rings. The van der Waals surface area contributed by atoms with Crippen LogP contribution in [0.1, 0.15) is 92.5 Å². The number of fused-ring (bicyclic) bond motifs is 5. The molecule has 0 spiro atoms. The summed E-state index contributed by atoms with van der Waals surface area (Å²) >= 11 is 1.64. The summed E-state index contributed by atoms with van der Waals surface area (Å²) in [7, 11) is 0. The zero-order chi connectivity index (χ0) is 33.5. The van der Waals surface area contributed by atoms with Crippen molar-refractivity contribution >= 4 is 27.3 Å². The van der Waals surface area contributed by atoms with E-state index in [1.807, 2.05) is 56.3 Å². The zero-order valence-electron chi connectivity index (χ0n) is 26.6. The van der Waals surface area contributed by atoms with Crippen molar-refractivity contribution in [2.75, 3.05) is 0 Å². The third kappa shape index (κ3) is 5.12. The van der Waals surface area contributed by atoms with Crippen molar-refractivity contribution in [1.29, 1.82) is 0 Å². The lowest BCUT2D eigenvalue weighted by Crippen LogP contribution is -2.65. The number of rotatable bonds is 6. The molecule has 0 amide bonds. The van der Waals surface area contributed by atoms with Crippen LogP contribution in [0, 0.1) is 24.2 Å². The highest BCUT2D eigenvalue weighted by Gasteiger charge is 2.79. The molecule has 0 aliphatic heterocycles. The molecule has 4 nitrogen and oxygen atoms in total. The van der Waals surface area contributed by atoms with Crippen LogP contribution in [0.2, 0.25) is 0 Å². The maximum atomic E-state index is 15.3. The summed E-state index contributed by atoms with van der Waals surface area (Å²) in [6.45, 7) is 5.75. The van der Waals surface area contributed by atoms with Gasteiger partial charge in [0.1, 0.15) is 5.60 Å². The maximum absolute atomic E-state index is 15.3. The summed E-state index contributed by atoms with van der Waals surface area (Å²) in [6.07, 6.45) is -3.00.